The molecule has 27 heavy (non-hydrogen) atoms. The van der Waals surface area contributed by atoms with Crippen LogP contribution in [0.25, 0.3) is 0 Å². The molecule has 148 valence electrons. The van der Waals surface area contributed by atoms with E-state index in [4.69, 9.17) is 9.73 Å². The van der Waals surface area contributed by atoms with Crippen molar-refractivity contribution in [2.75, 3.05) is 44.7 Å². The summed E-state index contributed by atoms with van der Waals surface area (Å²) in [5, 5.41) is 6.95. The molecule has 0 saturated carbocycles. The number of aliphatic imine (C=N–C) groups is 1. The Kier molecular flexibility index (Phi) is 9.36. The van der Waals surface area contributed by atoms with Gasteiger partial charge in [0.25, 0.3) is 0 Å². The van der Waals surface area contributed by atoms with Crippen LogP contribution in [-0.4, -0.2) is 50.7 Å². The number of hydrogen-bond acceptors (Lipinski definition) is 4. The largest absolute Gasteiger partial charge is 0.380 e. The van der Waals surface area contributed by atoms with Gasteiger partial charge in [-0.05, 0) is 35.6 Å². The Morgan fingerprint density at radius 2 is 1.93 bits per heavy atom. The van der Waals surface area contributed by atoms with E-state index in [0.29, 0.717) is 13.2 Å². The minimum atomic E-state index is 0. The summed E-state index contributed by atoms with van der Waals surface area (Å²) in [6, 6.07) is 12.8. The van der Waals surface area contributed by atoms with Crippen molar-refractivity contribution < 1.29 is 4.74 Å². The Morgan fingerprint density at radius 3 is 2.59 bits per heavy atom. The van der Waals surface area contributed by atoms with E-state index in [1.165, 1.54) is 16.1 Å². The summed E-state index contributed by atoms with van der Waals surface area (Å²) in [7, 11) is 1.73. The molecule has 1 N–H and O–H groups in total. The second kappa shape index (κ2) is 11.5. The van der Waals surface area contributed by atoms with Gasteiger partial charge in [-0.3, -0.25) is 0 Å². The summed E-state index contributed by atoms with van der Waals surface area (Å²) < 4.78 is 5.22. The molecule has 0 aliphatic carbocycles. The van der Waals surface area contributed by atoms with E-state index >= 15 is 0 Å². The van der Waals surface area contributed by atoms with Gasteiger partial charge in [0.05, 0.1) is 18.2 Å². The molecule has 1 aromatic carbocycles. The normalized spacial score (nSPS) is 14.8. The molecule has 1 aromatic heterocycles. The standard InChI is InChI=1S/C20H28N4OS.HI/c1-3-21-20(22-15-17-6-4-7-18(14-17)16-25-2)24-11-9-23(10-12-24)19-8-5-13-26-19;/h4-8,13-14H,3,9-12,15-16H2,1-2H3,(H,21,22);1H. The summed E-state index contributed by atoms with van der Waals surface area (Å²) in [4.78, 5) is 9.70. The predicted octanol–water partition coefficient (Wildman–Crippen LogP) is 3.80. The van der Waals surface area contributed by atoms with Crippen molar-refractivity contribution in [1.29, 1.82) is 0 Å². The quantitative estimate of drug-likeness (QED) is 0.372. The van der Waals surface area contributed by atoms with Gasteiger partial charge in [0.15, 0.2) is 5.96 Å². The van der Waals surface area contributed by atoms with Crippen LogP contribution in [0.5, 0.6) is 0 Å². The maximum absolute atomic E-state index is 5.22. The second-order valence-electron chi connectivity index (χ2n) is 6.35. The van der Waals surface area contributed by atoms with Gasteiger partial charge in [0.2, 0.25) is 0 Å². The van der Waals surface area contributed by atoms with Crippen molar-refractivity contribution in [3.05, 3.63) is 52.9 Å². The second-order valence-corrected chi connectivity index (χ2v) is 7.27. The zero-order valence-electron chi connectivity index (χ0n) is 16.1. The minimum absolute atomic E-state index is 0. The van der Waals surface area contributed by atoms with Crippen LogP contribution in [0.2, 0.25) is 0 Å². The summed E-state index contributed by atoms with van der Waals surface area (Å²) in [5.41, 5.74) is 2.40. The average Bonchev–Trinajstić information content (AvgIpc) is 3.21. The van der Waals surface area contributed by atoms with Crippen LogP contribution in [0, 0.1) is 0 Å². The highest BCUT2D eigenvalue weighted by Gasteiger charge is 2.20. The molecule has 7 heteroatoms. The van der Waals surface area contributed by atoms with Crippen molar-refractivity contribution in [3.63, 3.8) is 0 Å². The SMILES string of the molecule is CCNC(=NCc1cccc(COC)c1)N1CCN(c2cccs2)CC1.I. The zero-order valence-corrected chi connectivity index (χ0v) is 19.2. The van der Waals surface area contributed by atoms with E-state index in [1.54, 1.807) is 7.11 Å². The first-order valence-electron chi connectivity index (χ1n) is 9.18. The number of methoxy groups -OCH3 is 1. The van der Waals surface area contributed by atoms with Gasteiger partial charge in [0.1, 0.15) is 0 Å². The minimum Gasteiger partial charge on any atom is -0.380 e. The molecular formula is C20H29IN4OS. The number of ether oxygens (including phenoxy) is 1. The van der Waals surface area contributed by atoms with E-state index in [-0.39, 0.29) is 24.0 Å². The fraction of sp³-hybridized carbons (Fsp3) is 0.450. The van der Waals surface area contributed by atoms with Gasteiger partial charge in [-0.1, -0.05) is 24.3 Å². The van der Waals surface area contributed by atoms with Crippen LogP contribution < -0.4 is 10.2 Å². The molecule has 3 rings (SSSR count). The van der Waals surface area contributed by atoms with Gasteiger partial charge in [-0.25, -0.2) is 4.99 Å². The predicted molar refractivity (Wildman–Crippen MR) is 125 cm³/mol. The molecule has 2 heterocycles. The topological polar surface area (TPSA) is 40.1 Å². The average molecular weight is 500 g/mol. The van der Waals surface area contributed by atoms with Gasteiger partial charge >= 0.3 is 0 Å². The fourth-order valence-electron chi connectivity index (χ4n) is 3.16. The number of nitrogens with zero attached hydrogens (tertiary/aromatic N) is 3. The molecule has 0 spiro atoms. The number of nitrogens with one attached hydrogen (secondary N) is 1. The van der Waals surface area contributed by atoms with Crippen LogP contribution in [0.4, 0.5) is 5.00 Å². The molecule has 0 atom stereocenters. The first-order valence-corrected chi connectivity index (χ1v) is 10.1. The lowest BCUT2D eigenvalue weighted by Gasteiger charge is -2.37. The first kappa shape index (κ1) is 22.0. The summed E-state index contributed by atoms with van der Waals surface area (Å²) >= 11 is 1.81. The Morgan fingerprint density at radius 1 is 1.15 bits per heavy atom. The third-order valence-electron chi connectivity index (χ3n) is 4.45. The van der Waals surface area contributed by atoms with Crippen LogP contribution in [0.15, 0.2) is 46.8 Å². The Bertz CT molecular complexity index is 700. The van der Waals surface area contributed by atoms with Crippen LogP contribution in [-0.2, 0) is 17.9 Å². The van der Waals surface area contributed by atoms with E-state index in [9.17, 15) is 0 Å². The summed E-state index contributed by atoms with van der Waals surface area (Å²) in [6.07, 6.45) is 0. The van der Waals surface area contributed by atoms with Gasteiger partial charge < -0.3 is 19.9 Å². The summed E-state index contributed by atoms with van der Waals surface area (Å²) in [6.45, 7) is 8.39. The third-order valence-corrected chi connectivity index (χ3v) is 5.37. The fourth-order valence-corrected chi connectivity index (χ4v) is 3.95. The number of thiophene rings is 1. The summed E-state index contributed by atoms with van der Waals surface area (Å²) in [5.74, 6) is 1.01. The van der Waals surface area contributed by atoms with E-state index in [2.05, 4.69) is 63.8 Å². The van der Waals surface area contributed by atoms with Crippen LogP contribution in [0.1, 0.15) is 18.1 Å². The van der Waals surface area contributed by atoms with E-state index < -0.39 is 0 Å². The Hall–Kier alpha value is -1.32. The molecule has 1 fully saturated rings. The van der Waals surface area contributed by atoms with E-state index in [0.717, 1.165) is 38.7 Å². The van der Waals surface area contributed by atoms with Crippen molar-refractivity contribution in [2.45, 2.75) is 20.1 Å². The van der Waals surface area contributed by atoms with Crippen LogP contribution in [0.3, 0.4) is 0 Å². The lowest BCUT2D eigenvalue weighted by Crippen LogP contribution is -2.52. The molecule has 2 aromatic rings. The zero-order chi connectivity index (χ0) is 18.2. The number of piperazine rings is 1. The van der Waals surface area contributed by atoms with Gasteiger partial charge in [-0.2, -0.15) is 0 Å². The highest BCUT2D eigenvalue weighted by atomic mass is 127. The van der Waals surface area contributed by atoms with Crippen molar-refractivity contribution in [3.8, 4) is 0 Å². The molecule has 0 bridgehead atoms. The molecule has 0 amide bonds. The lowest BCUT2D eigenvalue weighted by atomic mass is 10.1. The molecule has 1 saturated heterocycles. The van der Waals surface area contributed by atoms with Gasteiger partial charge in [-0.15, -0.1) is 35.3 Å². The molecule has 5 nitrogen and oxygen atoms in total. The van der Waals surface area contributed by atoms with Crippen LogP contribution >= 0.6 is 35.3 Å². The highest BCUT2D eigenvalue weighted by Crippen LogP contribution is 2.22. The number of anilines is 1. The smallest absolute Gasteiger partial charge is 0.194 e. The molecule has 1 aliphatic heterocycles. The maximum atomic E-state index is 5.22. The highest BCUT2D eigenvalue weighted by molar-refractivity contribution is 14.0. The Labute approximate surface area is 183 Å². The van der Waals surface area contributed by atoms with Crippen molar-refractivity contribution in [1.82, 2.24) is 10.2 Å². The number of halogens is 1. The number of guanidine groups is 1. The lowest BCUT2D eigenvalue weighted by molar-refractivity contribution is 0.185. The van der Waals surface area contributed by atoms with Crippen molar-refractivity contribution in [2.24, 2.45) is 4.99 Å². The van der Waals surface area contributed by atoms with Gasteiger partial charge in [0, 0.05) is 39.8 Å². The Balaban J connectivity index is 0.00000261. The molecule has 1 aliphatic rings. The third kappa shape index (κ3) is 6.36. The molecule has 0 radical (unpaired) electrons. The first-order chi connectivity index (χ1) is 12.8. The maximum Gasteiger partial charge on any atom is 0.194 e. The number of hydrogen-bond donors (Lipinski definition) is 1. The van der Waals surface area contributed by atoms with Crippen molar-refractivity contribution >= 4 is 46.3 Å². The molecular weight excluding hydrogens is 471 g/mol. The van der Waals surface area contributed by atoms with E-state index in [1.807, 2.05) is 11.3 Å². The number of benzene rings is 1. The number of rotatable bonds is 6. The molecule has 0 unspecified atom stereocenters. The monoisotopic (exact) mass is 500 g/mol.